The lowest BCUT2D eigenvalue weighted by Gasteiger charge is -2.04. The van der Waals surface area contributed by atoms with Crippen LogP contribution < -0.4 is 10.9 Å². The van der Waals surface area contributed by atoms with Gasteiger partial charge in [-0.25, -0.2) is 5.10 Å². The molecule has 1 aromatic carbocycles. The van der Waals surface area contributed by atoms with Gasteiger partial charge in [0.2, 0.25) is 0 Å². The molecule has 0 fully saturated rings. The Kier molecular flexibility index (Phi) is 3.23. The Morgan fingerprint density at radius 3 is 2.86 bits per heavy atom. The van der Waals surface area contributed by atoms with Crippen LogP contribution in [-0.4, -0.2) is 26.4 Å². The number of benzene rings is 1. The standard InChI is InChI=1S/C14H13N5O2/c1-3-8(2)15-14-19-18-13(21-14)11-9-6-4-5-7-10(9)12(20)17-16-11/h3-8H,1H2,2H3,(H,15,19)(H,17,20). The number of hydrogen-bond donors (Lipinski definition) is 2. The largest absolute Gasteiger partial charge is 0.402 e. The van der Waals surface area contributed by atoms with E-state index in [-0.39, 0.29) is 23.5 Å². The minimum absolute atomic E-state index is 0.00131. The third kappa shape index (κ3) is 2.40. The zero-order chi connectivity index (χ0) is 14.8. The summed E-state index contributed by atoms with van der Waals surface area (Å²) in [4.78, 5) is 11.7. The highest BCUT2D eigenvalue weighted by Gasteiger charge is 2.15. The van der Waals surface area contributed by atoms with E-state index in [2.05, 4.69) is 32.3 Å². The summed E-state index contributed by atoms with van der Waals surface area (Å²) in [6.07, 6.45) is 1.72. The van der Waals surface area contributed by atoms with Crippen LogP contribution in [-0.2, 0) is 0 Å². The first-order valence-corrected chi connectivity index (χ1v) is 6.39. The summed E-state index contributed by atoms with van der Waals surface area (Å²) in [6, 6.07) is 7.38. The van der Waals surface area contributed by atoms with Crippen LogP contribution in [0.3, 0.4) is 0 Å². The number of anilines is 1. The summed E-state index contributed by atoms with van der Waals surface area (Å²) in [5.41, 5.74) is 0.185. The maximum absolute atomic E-state index is 11.7. The van der Waals surface area contributed by atoms with Crippen molar-refractivity contribution in [3.63, 3.8) is 0 Å². The van der Waals surface area contributed by atoms with Crippen LogP contribution in [0.4, 0.5) is 6.01 Å². The van der Waals surface area contributed by atoms with Gasteiger partial charge < -0.3 is 9.73 Å². The SMILES string of the molecule is C=CC(C)Nc1nnc(-c2n[nH]c(=O)c3ccccc23)o1. The molecule has 0 bridgehead atoms. The Labute approximate surface area is 119 Å². The molecule has 2 N–H and O–H groups in total. The van der Waals surface area contributed by atoms with E-state index in [9.17, 15) is 4.79 Å². The minimum Gasteiger partial charge on any atom is -0.402 e. The third-order valence-corrected chi connectivity index (χ3v) is 3.03. The highest BCUT2D eigenvalue weighted by Crippen LogP contribution is 2.24. The van der Waals surface area contributed by atoms with Crippen LogP contribution in [0.5, 0.6) is 0 Å². The van der Waals surface area contributed by atoms with Gasteiger partial charge in [0.15, 0.2) is 5.69 Å². The molecular weight excluding hydrogens is 270 g/mol. The van der Waals surface area contributed by atoms with Crippen molar-refractivity contribution in [3.05, 3.63) is 47.3 Å². The Hall–Kier alpha value is -2.96. The Morgan fingerprint density at radius 1 is 1.33 bits per heavy atom. The molecule has 7 nitrogen and oxygen atoms in total. The zero-order valence-electron chi connectivity index (χ0n) is 11.3. The summed E-state index contributed by atoms with van der Waals surface area (Å²) in [7, 11) is 0. The summed E-state index contributed by atoms with van der Waals surface area (Å²) in [5.74, 6) is 0.237. The highest BCUT2D eigenvalue weighted by molar-refractivity contribution is 5.91. The third-order valence-electron chi connectivity index (χ3n) is 3.03. The maximum atomic E-state index is 11.7. The van der Waals surface area contributed by atoms with E-state index in [0.717, 1.165) is 0 Å². The van der Waals surface area contributed by atoms with Crippen molar-refractivity contribution in [1.29, 1.82) is 0 Å². The van der Waals surface area contributed by atoms with Gasteiger partial charge in [-0.05, 0) is 13.0 Å². The molecule has 0 aliphatic rings. The van der Waals surface area contributed by atoms with E-state index >= 15 is 0 Å². The van der Waals surface area contributed by atoms with E-state index in [1.165, 1.54) is 0 Å². The fourth-order valence-corrected chi connectivity index (χ4v) is 1.91. The molecule has 0 aliphatic heterocycles. The number of rotatable bonds is 4. The highest BCUT2D eigenvalue weighted by atomic mass is 16.4. The van der Waals surface area contributed by atoms with Gasteiger partial charge in [-0.15, -0.1) is 11.7 Å². The van der Waals surface area contributed by atoms with Crippen LogP contribution in [0.15, 0.2) is 46.1 Å². The number of nitrogens with zero attached hydrogens (tertiary/aromatic N) is 3. The number of fused-ring (bicyclic) bond motifs is 1. The fourth-order valence-electron chi connectivity index (χ4n) is 1.91. The van der Waals surface area contributed by atoms with Crippen molar-refractivity contribution in [1.82, 2.24) is 20.4 Å². The molecular formula is C14H13N5O2. The van der Waals surface area contributed by atoms with Crippen LogP contribution in [0, 0.1) is 0 Å². The van der Waals surface area contributed by atoms with E-state index in [0.29, 0.717) is 16.5 Å². The maximum Gasteiger partial charge on any atom is 0.316 e. The van der Waals surface area contributed by atoms with E-state index in [4.69, 9.17) is 4.42 Å². The summed E-state index contributed by atoms with van der Waals surface area (Å²) >= 11 is 0. The van der Waals surface area contributed by atoms with Crippen molar-refractivity contribution < 1.29 is 4.42 Å². The van der Waals surface area contributed by atoms with Gasteiger partial charge >= 0.3 is 6.01 Å². The van der Waals surface area contributed by atoms with Crippen molar-refractivity contribution >= 4 is 16.8 Å². The van der Waals surface area contributed by atoms with Crippen molar-refractivity contribution in [2.24, 2.45) is 0 Å². The molecule has 2 aromatic heterocycles. The lowest BCUT2D eigenvalue weighted by atomic mass is 10.1. The first-order valence-electron chi connectivity index (χ1n) is 6.39. The molecule has 2 heterocycles. The quantitative estimate of drug-likeness (QED) is 0.710. The monoisotopic (exact) mass is 283 g/mol. The van der Waals surface area contributed by atoms with Crippen molar-refractivity contribution in [2.45, 2.75) is 13.0 Å². The number of aromatic nitrogens is 4. The molecule has 1 atom stereocenters. The van der Waals surface area contributed by atoms with Crippen LogP contribution in [0.1, 0.15) is 6.92 Å². The molecule has 0 saturated carbocycles. The predicted octanol–water partition coefficient (Wildman–Crippen LogP) is 1.96. The van der Waals surface area contributed by atoms with E-state index in [1.54, 1.807) is 24.3 Å². The van der Waals surface area contributed by atoms with Gasteiger partial charge in [-0.1, -0.05) is 29.4 Å². The Balaban J connectivity index is 2.07. The molecule has 0 saturated heterocycles. The smallest absolute Gasteiger partial charge is 0.316 e. The first kappa shape index (κ1) is 13.0. The number of nitrogens with one attached hydrogen (secondary N) is 2. The van der Waals surface area contributed by atoms with Crippen LogP contribution in [0.25, 0.3) is 22.4 Å². The Bertz CT molecular complexity index is 852. The lowest BCUT2D eigenvalue weighted by molar-refractivity contribution is 0.575. The second-order valence-corrected chi connectivity index (χ2v) is 4.53. The first-order chi connectivity index (χ1) is 10.2. The molecule has 3 rings (SSSR count). The summed E-state index contributed by atoms with van der Waals surface area (Å²) < 4.78 is 5.52. The second-order valence-electron chi connectivity index (χ2n) is 4.53. The van der Waals surface area contributed by atoms with Crippen LogP contribution >= 0.6 is 0 Å². The zero-order valence-corrected chi connectivity index (χ0v) is 11.3. The van der Waals surface area contributed by atoms with Gasteiger partial charge in [0.25, 0.3) is 11.4 Å². The van der Waals surface area contributed by atoms with Gasteiger partial charge in [0.05, 0.1) is 5.39 Å². The fraction of sp³-hybridized carbons (Fsp3) is 0.143. The second kappa shape index (κ2) is 5.20. The number of aromatic amines is 1. The number of hydrogen-bond acceptors (Lipinski definition) is 6. The van der Waals surface area contributed by atoms with Crippen LogP contribution in [0.2, 0.25) is 0 Å². The molecule has 0 spiro atoms. The van der Waals surface area contributed by atoms with Crippen molar-refractivity contribution in [2.75, 3.05) is 5.32 Å². The Morgan fingerprint density at radius 2 is 2.10 bits per heavy atom. The molecule has 3 aromatic rings. The van der Waals surface area contributed by atoms with Gasteiger partial charge in [-0.3, -0.25) is 4.79 Å². The molecule has 0 amide bonds. The van der Waals surface area contributed by atoms with Crippen molar-refractivity contribution in [3.8, 4) is 11.6 Å². The molecule has 0 aliphatic carbocycles. The van der Waals surface area contributed by atoms with E-state index < -0.39 is 0 Å². The summed E-state index contributed by atoms with van der Waals surface area (Å²) in [5, 5.41) is 18.5. The average Bonchev–Trinajstić information content (AvgIpc) is 2.96. The topological polar surface area (TPSA) is 96.7 Å². The summed E-state index contributed by atoms with van der Waals surface area (Å²) in [6.45, 7) is 5.58. The lowest BCUT2D eigenvalue weighted by Crippen LogP contribution is -2.11. The number of H-pyrrole nitrogens is 1. The normalized spacial score (nSPS) is 12.2. The molecule has 7 heteroatoms. The molecule has 21 heavy (non-hydrogen) atoms. The average molecular weight is 283 g/mol. The predicted molar refractivity (Wildman–Crippen MR) is 78.9 cm³/mol. The molecule has 1 unspecified atom stereocenters. The van der Waals surface area contributed by atoms with Gasteiger partial charge in [0.1, 0.15) is 0 Å². The van der Waals surface area contributed by atoms with Gasteiger partial charge in [0, 0.05) is 11.4 Å². The molecule has 106 valence electrons. The minimum atomic E-state index is -0.257. The molecule has 0 radical (unpaired) electrons. The van der Waals surface area contributed by atoms with Gasteiger partial charge in [-0.2, -0.15) is 5.10 Å². The van der Waals surface area contributed by atoms with E-state index in [1.807, 2.05) is 13.0 Å².